The summed E-state index contributed by atoms with van der Waals surface area (Å²) in [4.78, 5) is 24.8. The molecule has 0 radical (unpaired) electrons. The van der Waals surface area contributed by atoms with Crippen molar-refractivity contribution < 1.29 is 27.8 Å². The van der Waals surface area contributed by atoms with Gasteiger partial charge in [0.2, 0.25) is 0 Å². The van der Waals surface area contributed by atoms with Gasteiger partial charge in [-0.3, -0.25) is 4.90 Å². The zero-order valence-electron chi connectivity index (χ0n) is 14.4. The lowest BCUT2D eigenvalue weighted by Gasteiger charge is -2.23. The molecule has 2 rings (SSSR count). The minimum absolute atomic E-state index is 0.000446. The van der Waals surface area contributed by atoms with Crippen LogP contribution < -0.4 is 4.90 Å². The first-order chi connectivity index (χ1) is 12.4. The van der Waals surface area contributed by atoms with Crippen molar-refractivity contribution in [1.82, 2.24) is 0 Å². The van der Waals surface area contributed by atoms with Crippen LogP contribution >= 0.6 is 0 Å². The van der Waals surface area contributed by atoms with E-state index in [0.29, 0.717) is 0 Å². The van der Waals surface area contributed by atoms with E-state index in [1.54, 1.807) is 24.3 Å². The van der Waals surface area contributed by atoms with Crippen LogP contribution in [0.2, 0.25) is 0 Å². The van der Waals surface area contributed by atoms with Gasteiger partial charge in [-0.15, -0.1) is 0 Å². The molecule has 0 atom stereocenters. The predicted molar refractivity (Wildman–Crippen MR) is 92.0 cm³/mol. The number of carbonyl (C=O) groups is 2. The summed E-state index contributed by atoms with van der Waals surface area (Å²) in [6.45, 7) is 1.26. The Kier molecular flexibility index (Phi) is 6.27. The molecule has 0 aliphatic rings. The topological polar surface area (TPSA) is 55.8 Å². The number of ether oxygens (including phenoxy) is 2. The van der Waals surface area contributed by atoms with Crippen LogP contribution in [0.4, 0.5) is 19.3 Å². The lowest BCUT2D eigenvalue weighted by atomic mass is 10.1. The molecule has 0 aliphatic heterocycles. The first kappa shape index (κ1) is 19.4. The Labute approximate surface area is 150 Å². The Hall–Kier alpha value is -2.96. The molecule has 0 saturated heterocycles. The Balaban J connectivity index is 2.19. The molecule has 0 heterocycles. The average Bonchev–Trinajstić information content (AvgIpc) is 2.66. The highest BCUT2D eigenvalue weighted by Gasteiger charge is 2.45. The standard InChI is InChI=1S/C19H19F2NO4/c1-3-25-17(23)19(20,21)15-11-7-8-12-16(15)22(2)18(24)26-13-14-9-5-4-6-10-14/h4-12H,3,13H2,1-2H3. The van der Waals surface area contributed by atoms with E-state index < -0.39 is 23.5 Å². The van der Waals surface area contributed by atoms with Gasteiger partial charge < -0.3 is 9.47 Å². The van der Waals surface area contributed by atoms with Crippen molar-refractivity contribution in [2.75, 3.05) is 18.6 Å². The molecular formula is C19H19F2NO4. The fraction of sp³-hybridized carbons (Fsp3) is 0.263. The highest BCUT2D eigenvalue weighted by molar-refractivity contribution is 5.90. The Morgan fingerprint density at radius 3 is 2.27 bits per heavy atom. The number of anilines is 1. The summed E-state index contributed by atoms with van der Waals surface area (Å²) in [6.07, 6.45) is -0.819. The van der Waals surface area contributed by atoms with E-state index in [4.69, 9.17) is 4.74 Å². The second-order valence-electron chi connectivity index (χ2n) is 5.41. The third-order valence-electron chi connectivity index (χ3n) is 3.61. The van der Waals surface area contributed by atoms with Crippen LogP contribution in [0, 0.1) is 0 Å². The van der Waals surface area contributed by atoms with Crippen molar-refractivity contribution in [2.45, 2.75) is 19.5 Å². The molecule has 0 spiro atoms. The third kappa shape index (κ3) is 4.36. The summed E-state index contributed by atoms with van der Waals surface area (Å²) in [7, 11) is 1.30. The molecule has 1 amide bonds. The molecule has 5 nitrogen and oxygen atoms in total. The van der Waals surface area contributed by atoms with Crippen molar-refractivity contribution in [3.05, 3.63) is 65.7 Å². The first-order valence-corrected chi connectivity index (χ1v) is 7.96. The molecule has 0 saturated carbocycles. The smallest absolute Gasteiger partial charge is 0.414 e. The number of carbonyl (C=O) groups excluding carboxylic acids is 2. The Bertz CT molecular complexity index is 765. The molecule has 138 valence electrons. The maximum atomic E-state index is 14.4. The zero-order chi connectivity index (χ0) is 19.2. The number of amides is 1. The van der Waals surface area contributed by atoms with Crippen LogP contribution in [-0.2, 0) is 26.8 Å². The maximum absolute atomic E-state index is 14.4. The van der Waals surface area contributed by atoms with E-state index in [0.717, 1.165) is 16.5 Å². The van der Waals surface area contributed by atoms with E-state index in [1.165, 1.54) is 32.2 Å². The number of para-hydroxylation sites is 1. The largest absolute Gasteiger partial charge is 0.461 e. The SMILES string of the molecule is CCOC(=O)C(F)(F)c1ccccc1N(C)C(=O)OCc1ccccc1. The molecule has 0 N–H and O–H groups in total. The lowest BCUT2D eigenvalue weighted by Crippen LogP contribution is -2.33. The van der Waals surface area contributed by atoms with Crippen LogP contribution in [-0.4, -0.2) is 25.7 Å². The number of nitrogens with zero attached hydrogens (tertiary/aromatic N) is 1. The molecule has 0 bridgehead atoms. The number of hydrogen-bond acceptors (Lipinski definition) is 4. The zero-order valence-corrected chi connectivity index (χ0v) is 14.4. The normalized spacial score (nSPS) is 10.9. The van der Waals surface area contributed by atoms with E-state index in [-0.39, 0.29) is 18.9 Å². The molecule has 7 heteroatoms. The summed E-state index contributed by atoms with van der Waals surface area (Å²) in [5, 5.41) is 0. The van der Waals surface area contributed by atoms with Gasteiger partial charge in [0.15, 0.2) is 0 Å². The van der Waals surface area contributed by atoms with Crippen LogP contribution in [0.25, 0.3) is 0 Å². The summed E-state index contributed by atoms with van der Waals surface area (Å²) >= 11 is 0. The van der Waals surface area contributed by atoms with Crippen molar-refractivity contribution in [1.29, 1.82) is 0 Å². The minimum Gasteiger partial charge on any atom is -0.461 e. The first-order valence-electron chi connectivity index (χ1n) is 7.96. The van der Waals surface area contributed by atoms with Crippen molar-refractivity contribution in [3.63, 3.8) is 0 Å². The monoisotopic (exact) mass is 363 g/mol. The Morgan fingerprint density at radius 2 is 1.62 bits per heavy atom. The molecule has 2 aromatic carbocycles. The minimum atomic E-state index is -3.89. The van der Waals surface area contributed by atoms with Crippen LogP contribution in [0.5, 0.6) is 0 Å². The third-order valence-corrected chi connectivity index (χ3v) is 3.61. The molecule has 26 heavy (non-hydrogen) atoms. The fourth-order valence-electron chi connectivity index (χ4n) is 2.28. The van der Waals surface area contributed by atoms with Gasteiger partial charge in [0.05, 0.1) is 17.9 Å². The second kappa shape index (κ2) is 8.42. The van der Waals surface area contributed by atoms with Gasteiger partial charge in [0.25, 0.3) is 0 Å². The van der Waals surface area contributed by atoms with E-state index in [1.807, 2.05) is 6.07 Å². The van der Waals surface area contributed by atoms with Crippen LogP contribution in [0.15, 0.2) is 54.6 Å². The molecule has 0 aliphatic carbocycles. The van der Waals surface area contributed by atoms with Crippen molar-refractivity contribution in [3.8, 4) is 0 Å². The fourth-order valence-corrected chi connectivity index (χ4v) is 2.28. The van der Waals surface area contributed by atoms with Gasteiger partial charge in [0, 0.05) is 7.05 Å². The molecule has 2 aromatic rings. The second-order valence-corrected chi connectivity index (χ2v) is 5.41. The van der Waals surface area contributed by atoms with Crippen LogP contribution in [0.1, 0.15) is 18.1 Å². The summed E-state index contributed by atoms with van der Waals surface area (Å²) in [5.41, 5.74) is 0.000569. The number of halogens is 2. The van der Waals surface area contributed by atoms with Gasteiger partial charge in [-0.2, -0.15) is 8.78 Å². The summed E-state index contributed by atoms with van der Waals surface area (Å²) in [5.74, 6) is -5.56. The van der Waals surface area contributed by atoms with Gasteiger partial charge in [-0.05, 0) is 18.6 Å². The van der Waals surface area contributed by atoms with Crippen molar-refractivity contribution >= 4 is 17.7 Å². The van der Waals surface area contributed by atoms with Gasteiger partial charge in [0.1, 0.15) is 6.61 Å². The van der Waals surface area contributed by atoms with Crippen LogP contribution in [0.3, 0.4) is 0 Å². The molecule has 0 fully saturated rings. The van der Waals surface area contributed by atoms with E-state index >= 15 is 0 Å². The predicted octanol–water partition coefficient (Wildman–Crippen LogP) is 4.11. The summed E-state index contributed by atoms with van der Waals surface area (Å²) < 4.78 is 38.4. The molecular weight excluding hydrogens is 344 g/mol. The number of hydrogen-bond donors (Lipinski definition) is 0. The van der Waals surface area contributed by atoms with Gasteiger partial charge in [-0.1, -0.05) is 48.5 Å². The van der Waals surface area contributed by atoms with E-state index in [2.05, 4.69) is 4.74 Å². The summed E-state index contributed by atoms with van der Waals surface area (Å²) in [6, 6.07) is 14.2. The number of esters is 1. The van der Waals surface area contributed by atoms with Gasteiger partial charge >= 0.3 is 18.0 Å². The highest BCUT2D eigenvalue weighted by atomic mass is 19.3. The molecule has 0 unspecified atom stereocenters. The number of rotatable bonds is 6. The quantitative estimate of drug-likeness (QED) is 0.725. The lowest BCUT2D eigenvalue weighted by molar-refractivity contribution is -0.173. The number of benzene rings is 2. The van der Waals surface area contributed by atoms with Gasteiger partial charge in [-0.25, -0.2) is 9.59 Å². The van der Waals surface area contributed by atoms with Crippen molar-refractivity contribution in [2.24, 2.45) is 0 Å². The van der Waals surface area contributed by atoms with E-state index in [9.17, 15) is 18.4 Å². The number of alkyl halides is 2. The highest BCUT2D eigenvalue weighted by Crippen LogP contribution is 2.36. The molecule has 0 aromatic heterocycles. The average molecular weight is 363 g/mol. The Morgan fingerprint density at radius 1 is 1.00 bits per heavy atom. The maximum Gasteiger partial charge on any atom is 0.414 e.